The van der Waals surface area contributed by atoms with E-state index in [1.54, 1.807) is 42.5 Å². The topological polar surface area (TPSA) is 79.2 Å². The second kappa shape index (κ2) is 8.34. The van der Waals surface area contributed by atoms with Gasteiger partial charge in [0.05, 0.1) is 28.4 Å². The van der Waals surface area contributed by atoms with Crippen LogP contribution in [0.15, 0.2) is 48.0 Å². The zero-order valence-electron chi connectivity index (χ0n) is 13.0. The number of nitrogens with one attached hydrogen (secondary N) is 1. The highest BCUT2D eigenvalue weighted by Crippen LogP contribution is 2.29. The Kier molecular flexibility index (Phi) is 6.18. The summed E-state index contributed by atoms with van der Waals surface area (Å²) >= 11 is 11.9. The number of hydrogen-bond acceptors (Lipinski definition) is 4. The van der Waals surface area contributed by atoms with Crippen molar-refractivity contribution in [3.05, 3.63) is 69.2 Å². The molecule has 0 heterocycles. The first kappa shape index (κ1) is 18.5. The van der Waals surface area contributed by atoms with Gasteiger partial charge in [0.1, 0.15) is 11.6 Å². The predicted octanol–water partition coefficient (Wildman–Crippen LogP) is 4.33. The van der Waals surface area contributed by atoms with Crippen LogP contribution < -0.4 is 5.32 Å². The van der Waals surface area contributed by atoms with Crippen molar-refractivity contribution in [2.24, 2.45) is 0 Å². The Labute approximate surface area is 154 Å². The Bertz CT molecular complexity index is 884. The van der Waals surface area contributed by atoms with Gasteiger partial charge in [-0.3, -0.25) is 4.79 Å². The van der Waals surface area contributed by atoms with Gasteiger partial charge < -0.3 is 10.1 Å². The maximum Gasteiger partial charge on any atom is 0.337 e. The highest BCUT2D eigenvalue weighted by Gasteiger charge is 2.13. The van der Waals surface area contributed by atoms with Gasteiger partial charge in [-0.15, -0.1) is 0 Å². The van der Waals surface area contributed by atoms with Crippen LogP contribution >= 0.6 is 23.2 Å². The molecule has 0 saturated heterocycles. The van der Waals surface area contributed by atoms with E-state index in [-0.39, 0.29) is 10.6 Å². The monoisotopic (exact) mass is 374 g/mol. The minimum Gasteiger partial charge on any atom is -0.465 e. The summed E-state index contributed by atoms with van der Waals surface area (Å²) < 4.78 is 4.61. The third-order valence-corrected chi connectivity index (χ3v) is 4.03. The first-order valence-electron chi connectivity index (χ1n) is 7.01. The van der Waals surface area contributed by atoms with E-state index in [2.05, 4.69) is 10.1 Å². The first-order chi connectivity index (χ1) is 12.0. The fourth-order valence-electron chi connectivity index (χ4n) is 1.94. The molecule has 2 aromatic rings. The lowest BCUT2D eigenvalue weighted by Gasteiger charge is -2.07. The summed E-state index contributed by atoms with van der Waals surface area (Å²) in [7, 11) is 1.29. The molecule has 0 fully saturated rings. The Balaban J connectivity index is 2.22. The van der Waals surface area contributed by atoms with E-state index in [0.717, 1.165) is 0 Å². The molecule has 0 aromatic heterocycles. The number of carbonyl (C=O) groups is 2. The second-order valence-corrected chi connectivity index (χ2v) is 5.62. The van der Waals surface area contributed by atoms with E-state index >= 15 is 0 Å². The molecule has 126 valence electrons. The second-order valence-electron chi connectivity index (χ2n) is 4.84. The average molecular weight is 375 g/mol. The van der Waals surface area contributed by atoms with Crippen LogP contribution in [0, 0.1) is 11.3 Å². The molecular formula is C18H12Cl2N2O3. The van der Waals surface area contributed by atoms with Gasteiger partial charge >= 0.3 is 5.97 Å². The molecule has 25 heavy (non-hydrogen) atoms. The van der Waals surface area contributed by atoms with E-state index < -0.39 is 11.9 Å². The van der Waals surface area contributed by atoms with Crippen molar-refractivity contribution in [3.63, 3.8) is 0 Å². The molecule has 0 spiro atoms. The molecular weight excluding hydrogens is 363 g/mol. The van der Waals surface area contributed by atoms with E-state index in [9.17, 15) is 14.9 Å². The number of nitrogens with zero attached hydrogens (tertiary/aromatic N) is 1. The molecule has 0 saturated carbocycles. The minimum absolute atomic E-state index is 0.123. The van der Waals surface area contributed by atoms with Gasteiger partial charge in [0.2, 0.25) is 0 Å². The van der Waals surface area contributed by atoms with E-state index in [1.807, 2.05) is 6.07 Å². The lowest BCUT2D eigenvalue weighted by molar-refractivity contribution is -0.112. The first-order valence-corrected chi connectivity index (χ1v) is 7.77. The number of rotatable bonds is 4. The smallest absolute Gasteiger partial charge is 0.337 e. The number of anilines is 1. The maximum atomic E-state index is 12.3. The highest BCUT2D eigenvalue weighted by atomic mass is 35.5. The molecule has 2 aromatic carbocycles. The Hall–Kier alpha value is -2.81. The zero-order valence-corrected chi connectivity index (χ0v) is 14.6. The Morgan fingerprint density at radius 2 is 1.84 bits per heavy atom. The average Bonchev–Trinajstić information content (AvgIpc) is 2.63. The number of carbonyl (C=O) groups excluding carboxylic acids is 2. The molecule has 0 aliphatic heterocycles. The third kappa shape index (κ3) is 4.60. The molecule has 1 N–H and O–H groups in total. The van der Waals surface area contributed by atoms with Crippen LogP contribution in [0.4, 0.5) is 5.69 Å². The number of hydrogen-bond donors (Lipinski definition) is 1. The van der Waals surface area contributed by atoms with Gasteiger partial charge in [-0.1, -0.05) is 41.4 Å². The van der Waals surface area contributed by atoms with Crippen LogP contribution in [-0.4, -0.2) is 19.0 Å². The van der Waals surface area contributed by atoms with Crippen LogP contribution in [0.25, 0.3) is 6.08 Å². The van der Waals surface area contributed by atoms with Gasteiger partial charge in [-0.05, 0) is 35.9 Å². The summed E-state index contributed by atoms with van der Waals surface area (Å²) in [6, 6.07) is 12.9. The number of ether oxygens (including phenoxy) is 1. The van der Waals surface area contributed by atoms with Gasteiger partial charge in [0.25, 0.3) is 5.91 Å². The fourth-order valence-corrected chi connectivity index (χ4v) is 2.29. The summed E-state index contributed by atoms with van der Waals surface area (Å²) in [6.45, 7) is 0. The molecule has 0 radical (unpaired) electrons. The molecule has 1 amide bonds. The molecule has 0 aliphatic rings. The van der Waals surface area contributed by atoms with E-state index in [0.29, 0.717) is 21.8 Å². The minimum atomic E-state index is -0.622. The predicted molar refractivity (Wildman–Crippen MR) is 96.5 cm³/mol. The SMILES string of the molecule is COC(=O)c1ccc(/C=C(/C#N)C(=O)Nc2cccc(Cl)c2Cl)cc1. The summed E-state index contributed by atoms with van der Waals surface area (Å²) in [4.78, 5) is 23.7. The van der Waals surface area contributed by atoms with Crippen LogP contribution in [0.3, 0.4) is 0 Å². The summed E-state index contributed by atoms with van der Waals surface area (Å²) in [5.74, 6) is -1.09. The molecule has 7 heteroatoms. The fraction of sp³-hybridized carbons (Fsp3) is 0.0556. The number of methoxy groups -OCH3 is 1. The normalized spacial score (nSPS) is 10.7. The van der Waals surface area contributed by atoms with Crippen molar-refractivity contribution in [1.29, 1.82) is 5.26 Å². The van der Waals surface area contributed by atoms with Crippen molar-refractivity contribution in [3.8, 4) is 6.07 Å². The van der Waals surface area contributed by atoms with Crippen molar-refractivity contribution >= 4 is 46.8 Å². The van der Waals surface area contributed by atoms with E-state index in [4.69, 9.17) is 23.2 Å². The summed E-state index contributed by atoms with van der Waals surface area (Å²) in [5.41, 5.74) is 1.13. The zero-order chi connectivity index (χ0) is 18.4. The van der Waals surface area contributed by atoms with Crippen molar-refractivity contribution in [2.75, 3.05) is 12.4 Å². The molecule has 0 atom stereocenters. The third-order valence-electron chi connectivity index (χ3n) is 3.21. The molecule has 0 unspecified atom stereocenters. The van der Waals surface area contributed by atoms with Gasteiger partial charge in [0, 0.05) is 0 Å². The molecule has 0 bridgehead atoms. The van der Waals surface area contributed by atoms with Gasteiger partial charge in [-0.25, -0.2) is 4.79 Å². The molecule has 5 nitrogen and oxygen atoms in total. The largest absolute Gasteiger partial charge is 0.465 e. The molecule has 0 aliphatic carbocycles. The van der Waals surface area contributed by atoms with Gasteiger partial charge in [-0.2, -0.15) is 5.26 Å². The quantitative estimate of drug-likeness (QED) is 0.490. The number of nitriles is 1. The molecule has 2 rings (SSSR count). The highest BCUT2D eigenvalue weighted by molar-refractivity contribution is 6.44. The lowest BCUT2D eigenvalue weighted by atomic mass is 10.1. The van der Waals surface area contributed by atoms with Gasteiger partial charge in [0.15, 0.2) is 0 Å². The van der Waals surface area contributed by atoms with Crippen LogP contribution in [0.5, 0.6) is 0 Å². The number of esters is 1. The van der Waals surface area contributed by atoms with Crippen LogP contribution in [0.2, 0.25) is 10.0 Å². The number of amides is 1. The summed E-state index contributed by atoms with van der Waals surface area (Å²) in [6.07, 6.45) is 1.40. The lowest BCUT2D eigenvalue weighted by Crippen LogP contribution is -2.13. The van der Waals surface area contributed by atoms with E-state index in [1.165, 1.54) is 13.2 Å². The van der Waals surface area contributed by atoms with Crippen LogP contribution in [-0.2, 0) is 9.53 Å². The Morgan fingerprint density at radius 1 is 1.16 bits per heavy atom. The Morgan fingerprint density at radius 3 is 2.44 bits per heavy atom. The number of halogens is 2. The summed E-state index contributed by atoms with van der Waals surface area (Å²) in [5, 5.41) is 12.3. The van der Waals surface area contributed by atoms with Crippen LogP contribution in [0.1, 0.15) is 15.9 Å². The standard InChI is InChI=1S/C18H12Cl2N2O3/c1-25-18(24)12-7-5-11(6-8-12)9-13(10-21)17(23)22-15-4-2-3-14(19)16(15)20/h2-9H,1H3,(H,22,23)/b13-9-. The maximum absolute atomic E-state index is 12.3. The number of benzene rings is 2. The van der Waals surface area contributed by atoms with Crippen molar-refractivity contribution in [2.45, 2.75) is 0 Å². The van der Waals surface area contributed by atoms with Crippen molar-refractivity contribution in [1.82, 2.24) is 0 Å². The van der Waals surface area contributed by atoms with Crippen molar-refractivity contribution < 1.29 is 14.3 Å².